The second-order valence-electron chi connectivity index (χ2n) is 5.52. The zero-order valence-electron chi connectivity index (χ0n) is 14.3. The molecule has 2 rings (SSSR count). The average Bonchev–Trinajstić information content (AvgIpc) is 2.60. The molecule has 0 spiro atoms. The highest BCUT2D eigenvalue weighted by Gasteiger charge is 2.12. The number of rotatable bonds is 7. The van der Waals surface area contributed by atoms with Crippen molar-refractivity contribution in [1.29, 1.82) is 0 Å². The fourth-order valence-electron chi connectivity index (χ4n) is 2.39. The SMILES string of the molecule is COc1ccc(N(CCNC(=O)Cc2ccc(Cl)cc2)C(C)=O)cc1. The summed E-state index contributed by atoms with van der Waals surface area (Å²) in [5, 5.41) is 3.47. The summed E-state index contributed by atoms with van der Waals surface area (Å²) >= 11 is 5.83. The number of hydrogen-bond acceptors (Lipinski definition) is 3. The molecule has 1 N–H and O–H groups in total. The first-order chi connectivity index (χ1) is 12.0. The van der Waals surface area contributed by atoms with Crippen LogP contribution in [0.15, 0.2) is 48.5 Å². The number of hydrogen-bond donors (Lipinski definition) is 1. The Kier molecular flexibility index (Phi) is 6.83. The number of nitrogens with one attached hydrogen (secondary N) is 1. The molecule has 5 nitrogen and oxygen atoms in total. The molecule has 0 saturated heterocycles. The molecule has 25 heavy (non-hydrogen) atoms. The van der Waals surface area contributed by atoms with Crippen molar-refractivity contribution >= 4 is 29.1 Å². The van der Waals surface area contributed by atoms with E-state index in [0.29, 0.717) is 18.1 Å². The van der Waals surface area contributed by atoms with Gasteiger partial charge in [-0.3, -0.25) is 9.59 Å². The lowest BCUT2D eigenvalue weighted by molar-refractivity contribution is -0.121. The van der Waals surface area contributed by atoms with E-state index in [2.05, 4.69) is 5.32 Å². The standard InChI is InChI=1S/C19H21ClN2O3/c1-14(23)22(17-7-9-18(25-2)10-8-17)12-11-21-19(24)13-15-3-5-16(20)6-4-15/h3-10H,11-13H2,1-2H3,(H,21,24). The number of anilines is 1. The van der Waals surface area contributed by atoms with E-state index in [1.807, 2.05) is 24.3 Å². The fourth-order valence-corrected chi connectivity index (χ4v) is 2.51. The molecule has 0 fully saturated rings. The Bertz CT molecular complexity index is 714. The van der Waals surface area contributed by atoms with Gasteiger partial charge < -0.3 is 15.0 Å². The fraction of sp³-hybridized carbons (Fsp3) is 0.263. The number of amides is 2. The van der Waals surface area contributed by atoms with E-state index in [1.165, 1.54) is 6.92 Å². The first-order valence-electron chi connectivity index (χ1n) is 7.93. The zero-order chi connectivity index (χ0) is 18.2. The van der Waals surface area contributed by atoms with Crippen LogP contribution < -0.4 is 15.0 Å². The van der Waals surface area contributed by atoms with E-state index >= 15 is 0 Å². The molecule has 132 valence electrons. The first-order valence-corrected chi connectivity index (χ1v) is 8.30. The van der Waals surface area contributed by atoms with Gasteiger partial charge in [0.15, 0.2) is 0 Å². The van der Waals surface area contributed by atoms with Crippen LogP contribution in [0.5, 0.6) is 5.75 Å². The normalized spacial score (nSPS) is 10.2. The minimum absolute atomic E-state index is 0.0860. The van der Waals surface area contributed by atoms with Crippen LogP contribution >= 0.6 is 11.6 Å². The summed E-state index contributed by atoms with van der Waals surface area (Å²) in [6, 6.07) is 14.4. The molecule has 6 heteroatoms. The Hall–Kier alpha value is -2.53. The van der Waals surface area contributed by atoms with Gasteiger partial charge in [-0.05, 0) is 42.0 Å². The van der Waals surface area contributed by atoms with E-state index in [1.54, 1.807) is 36.3 Å². The molecule has 0 saturated carbocycles. The van der Waals surface area contributed by atoms with Crippen LogP contribution in [0, 0.1) is 0 Å². The zero-order valence-corrected chi connectivity index (χ0v) is 15.0. The van der Waals surface area contributed by atoms with E-state index in [9.17, 15) is 9.59 Å². The lowest BCUT2D eigenvalue weighted by Gasteiger charge is -2.21. The molecule has 0 aromatic heterocycles. The van der Waals surface area contributed by atoms with Gasteiger partial charge in [0.2, 0.25) is 11.8 Å². The highest BCUT2D eigenvalue weighted by atomic mass is 35.5. The third-order valence-corrected chi connectivity index (χ3v) is 3.95. The molecule has 0 radical (unpaired) electrons. The van der Waals surface area contributed by atoms with Crippen LogP contribution in [0.1, 0.15) is 12.5 Å². The molecule has 0 atom stereocenters. The topological polar surface area (TPSA) is 58.6 Å². The monoisotopic (exact) mass is 360 g/mol. The number of carbonyl (C=O) groups excluding carboxylic acids is 2. The highest BCUT2D eigenvalue weighted by molar-refractivity contribution is 6.30. The molecule has 0 aliphatic heterocycles. The van der Waals surface area contributed by atoms with Crippen molar-refractivity contribution in [1.82, 2.24) is 5.32 Å². The molecule has 0 heterocycles. The Balaban J connectivity index is 1.87. The number of benzene rings is 2. The van der Waals surface area contributed by atoms with Crippen molar-refractivity contribution in [2.45, 2.75) is 13.3 Å². The van der Waals surface area contributed by atoms with Gasteiger partial charge in [0.1, 0.15) is 5.75 Å². The smallest absolute Gasteiger partial charge is 0.224 e. The molecule has 0 bridgehead atoms. The van der Waals surface area contributed by atoms with Crippen LogP contribution in [-0.2, 0) is 16.0 Å². The summed E-state index contributed by atoms with van der Waals surface area (Å²) in [6.07, 6.45) is 0.278. The summed E-state index contributed by atoms with van der Waals surface area (Å²) in [5.41, 5.74) is 1.65. The summed E-state index contributed by atoms with van der Waals surface area (Å²) < 4.78 is 5.12. The number of ether oxygens (including phenoxy) is 1. The van der Waals surface area contributed by atoms with Gasteiger partial charge in [0.05, 0.1) is 13.5 Å². The van der Waals surface area contributed by atoms with E-state index in [4.69, 9.17) is 16.3 Å². The number of methoxy groups -OCH3 is 1. The van der Waals surface area contributed by atoms with Gasteiger partial charge in [0, 0.05) is 30.7 Å². The average molecular weight is 361 g/mol. The molecular weight excluding hydrogens is 340 g/mol. The summed E-state index contributed by atoms with van der Waals surface area (Å²) in [5.74, 6) is 0.543. The van der Waals surface area contributed by atoms with Crippen molar-refractivity contribution in [3.05, 3.63) is 59.1 Å². The van der Waals surface area contributed by atoms with Crippen LogP contribution in [0.25, 0.3) is 0 Å². The van der Waals surface area contributed by atoms with Crippen LogP contribution in [0.2, 0.25) is 5.02 Å². The number of nitrogens with zero attached hydrogens (tertiary/aromatic N) is 1. The molecule has 0 unspecified atom stereocenters. The summed E-state index contributed by atoms with van der Waals surface area (Å²) in [7, 11) is 1.59. The molecule has 0 aliphatic carbocycles. The van der Waals surface area contributed by atoms with Crippen LogP contribution in [0.3, 0.4) is 0 Å². The maximum Gasteiger partial charge on any atom is 0.224 e. The maximum atomic E-state index is 12.0. The second-order valence-corrected chi connectivity index (χ2v) is 5.96. The predicted octanol–water partition coefficient (Wildman–Crippen LogP) is 3.06. The Labute approximate surface area is 152 Å². The molecule has 2 aromatic carbocycles. The van der Waals surface area contributed by atoms with Crippen molar-refractivity contribution in [2.75, 3.05) is 25.1 Å². The first kappa shape index (κ1) is 18.8. The lowest BCUT2D eigenvalue weighted by atomic mass is 10.1. The van der Waals surface area contributed by atoms with Crippen molar-refractivity contribution < 1.29 is 14.3 Å². The van der Waals surface area contributed by atoms with Gasteiger partial charge in [-0.2, -0.15) is 0 Å². The van der Waals surface area contributed by atoms with Gasteiger partial charge >= 0.3 is 0 Å². The predicted molar refractivity (Wildman–Crippen MR) is 99.2 cm³/mol. The second kappa shape index (κ2) is 9.08. The molecule has 0 aliphatic rings. The van der Waals surface area contributed by atoms with E-state index in [0.717, 1.165) is 17.0 Å². The Morgan fingerprint density at radius 2 is 1.72 bits per heavy atom. The van der Waals surface area contributed by atoms with Gasteiger partial charge in [-0.25, -0.2) is 0 Å². The minimum Gasteiger partial charge on any atom is -0.497 e. The van der Waals surface area contributed by atoms with Crippen molar-refractivity contribution in [3.8, 4) is 5.75 Å². The Morgan fingerprint density at radius 1 is 1.08 bits per heavy atom. The van der Waals surface area contributed by atoms with Crippen LogP contribution in [-0.4, -0.2) is 32.0 Å². The third-order valence-electron chi connectivity index (χ3n) is 3.70. The quantitative estimate of drug-likeness (QED) is 0.825. The third kappa shape index (κ3) is 5.80. The molecule has 2 aromatic rings. The van der Waals surface area contributed by atoms with Crippen molar-refractivity contribution in [3.63, 3.8) is 0 Å². The molecule has 2 amide bonds. The van der Waals surface area contributed by atoms with Crippen LogP contribution in [0.4, 0.5) is 5.69 Å². The van der Waals surface area contributed by atoms with Gasteiger partial charge in [-0.15, -0.1) is 0 Å². The summed E-state index contributed by atoms with van der Waals surface area (Å²) in [4.78, 5) is 25.5. The van der Waals surface area contributed by atoms with E-state index < -0.39 is 0 Å². The number of halogens is 1. The van der Waals surface area contributed by atoms with Gasteiger partial charge in [0.25, 0.3) is 0 Å². The largest absolute Gasteiger partial charge is 0.497 e. The van der Waals surface area contributed by atoms with E-state index in [-0.39, 0.29) is 18.2 Å². The highest BCUT2D eigenvalue weighted by Crippen LogP contribution is 2.19. The van der Waals surface area contributed by atoms with Gasteiger partial charge in [-0.1, -0.05) is 23.7 Å². The summed E-state index contributed by atoms with van der Waals surface area (Å²) in [6.45, 7) is 2.27. The maximum absolute atomic E-state index is 12.0. The molecular formula is C19H21ClN2O3. The van der Waals surface area contributed by atoms with Crippen molar-refractivity contribution in [2.24, 2.45) is 0 Å². The Morgan fingerprint density at radius 3 is 2.28 bits per heavy atom. The lowest BCUT2D eigenvalue weighted by Crippen LogP contribution is -2.38. The minimum atomic E-state index is -0.0967. The number of carbonyl (C=O) groups is 2.